The summed E-state index contributed by atoms with van der Waals surface area (Å²) in [5, 5.41) is 19.1. The minimum absolute atomic E-state index is 0.171. The van der Waals surface area contributed by atoms with E-state index in [-0.39, 0.29) is 5.41 Å². The summed E-state index contributed by atoms with van der Waals surface area (Å²) in [6, 6.07) is 0. The van der Waals surface area contributed by atoms with Crippen LogP contribution < -0.4 is 0 Å². The van der Waals surface area contributed by atoms with Gasteiger partial charge in [0.15, 0.2) is 5.41 Å². The van der Waals surface area contributed by atoms with Crippen LogP contribution in [0.5, 0.6) is 0 Å². The van der Waals surface area contributed by atoms with Gasteiger partial charge in [0.05, 0.1) is 0 Å². The summed E-state index contributed by atoms with van der Waals surface area (Å²) in [5.41, 5.74) is -1.38. The van der Waals surface area contributed by atoms with Crippen LogP contribution >= 0.6 is 0 Å². The van der Waals surface area contributed by atoms with Crippen molar-refractivity contribution in [2.75, 3.05) is 0 Å². The van der Waals surface area contributed by atoms with E-state index >= 15 is 0 Å². The van der Waals surface area contributed by atoms with Crippen LogP contribution in [0.15, 0.2) is 0 Å². The van der Waals surface area contributed by atoms with E-state index in [4.69, 9.17) is 0 Å². The van der Waals surface area contributed by atoms with Crippen molar-refractivity contribution in [3.63, 3.8) is 0 Å². The van der Waals surface area contributed by atoms with Gasteiger partial charge in [0.2, 0.25) is 0 Å². The summed E-state index contributed by atoms with van der Waals surface area (Å²) in [6.07, 6.45) is 19.6. The Morgan fingerprint density at radius 1 is 0.607 bits per heavy atom. The molecule has 0 bridgehead atoms. The molecular weight excluding hydrogens is 352 g/mol. The first-order valence-electron chi connectivity index (χ1n) is 11.9. The number of unbranched alkanes of at least 4 members (excludes halogenated alkanes) is 10. The summed E-state index contributed by atoms with van der Waals surface area (Å²) in [7, 11) is 0. The fourth-order valence-corrected chi connectivity index (χ4v) is 4.91. The third-order valence-electron chi connectivity index (χ3n) is 7.10. The second-order valence-electron chi connectivity index (χ2n) is 9.23. The van der Waals surface area contributed by atoms with Gasteiger partial charge in [0.1, 0.15) is 0 Å². The molecule has 0 aromatic carbocycles. The van der Waals surface area contributed by atoms with Crippen molar-refractivity contribution in [2.45, 2.75) is 129 Å². The molecule has 28 heavy (non-hydrogen) atoms. The van der Waals surface area contributed by atoms with Gasteiger partial charge in [-0.1, -0.05) is 90.9 Å². The van der Waals surface area contributed by atoms with Crippen molar-refractivity contribution in [2.24, 2.45) is 10.8 Å². The molecule has 1 fully saturated rings. The third-order valence-corrected chi connectivity index (χ3v) is 7.10. The molecule has 0 atom stereocenters. The molecule has 0 aromatic heterocycles. The van der Waals surface area contributed by atoms with Crippen LogP contribution in [-0.4, -0.2) is 22.2 Å². The molecule has 4 heteroatoms. The number of carboxylic acids is 2. The largest absolute Gasteiger partial charge is 0.480 e. The topological polar surface area (TPSA) is 74.6 Å². The molecule has 2 N–H and O–H groups in total. The van der Waals surface area contributed by atoms with E-state index in [1.807, 2.05) is 0 Å². The zero-order valence-corrected chi connectivity index (χ0v) is 18.4. The van der Waals surface area contributed by atoms with E-state index in [0.29, 0.717) is 12.8 Å². The van der Waals surface area contributed by atoms with Crippen molar-refractivity contribution in [1.29, 1.82) is 0 Å². The van der Waals surface area contributed by atoms with Gasteiger partial charge in [-0.05, 0) is 43.9 Å². The summed E-state index contributed by atoms with van der Waals surface area (Å²) < 4.78 is 0. The standard InChI is InChI=1S/C24H44O4/c1-3-5-7-9-11-13-15-23(16-14-12-10-8-6-4-2)17-19-24(20-18-23,21(25)26)22(27)28/h3-20H2,1-2H3,(H,25,26)(H,27,28). The van der Waals surface area contributed by atoms with Crippen LogP contribution in [0.25, 0.3) is 0 Å². The van der Waals surface area contributed by atoms with Gasteiger partial charge < -0.3 is 10.2 Å². The highest BCUT2D eigenvalue weighted by molar-refractivity contribution is 5.98. The minimum atomic E-state index is -1.55. The number of aliphatic carboxylic acids is 2. The molecule has 4 nitrogen and oxygen atoms in total. The molecule has 164 valence electrons. The summed E-state index contributed by atoms with van der Waals surface area (Å²) >= 11 is 0. The molecule has 1 rings (SSSR count). The van der Waals surface area contributed by atoms with E-state index in [0.717, 1.165) is 25.7 Å². The highest BCUT2D eigenvalue weighted by Gasteiger charge is 2.52. The fraction of sp³-hybridized carbons (Fsp3) is 0.917. The zero-order chi connectivity index (χ0) is 20.9. The second kappa shape index (κ2) is 13.2. The lowest BCUT2D eigenvalue weighted by atomic mass is 9.60. The molecule has 0 aliphatic heterocycles. The van der Waals surface area contributed by atoms with Gasteiger partial charge in [-0.15, -0.1) is 0 Å². The molecule has 0 aromatic rings. The van der Waals surface area contributed by atoms with Crippen LogP contribution in [0, 0.1) is 10.8 Å². The normalized spacial score (nSPS) is 18.1. The lowest BCUT2D eigenvalue weighted by Crippen LogP contribution is -2.45. The molecule has 0 amide bonds. The Morgan fingerprint density at radius 3 is 1.32 bits per heavy atom. The van der Waals surface area contributed by atoms with Crippen molar-refractivity contribution in [3.05, 3.63) is 0 Å². The van der Waals surface area contributed by atoms with Gasteiger partial charge in [-0.3, -0.25) is 9.59 Å². The lowest BCUT2D eigenvalue weighted by molar-refractivity contribution is -0.169. The Bertz CT molecular complexity index is 416. The molecule has 0 saturated heterocycles. The fourth-order valence-electron chi connectivity index (χ4n) is 4.91. The van der Waals surface area contributed by atoms with Crippen molar-refractivity contribution < 1.29 is 19.8 Å². The van der Waals surface area contributed by atoms with Crippen LogP contribution in [0.3, 0.4) is 0 Å². The number of hydrogen-bond acceptors (Lipinski definition) is 2. The van der Waals surface area contributed by atoms with Crippen LogP contribution in [-0.2, 0) is 9.59 Å². The lowest BCUT2D eigenvalue weighted by Gasteiger charge is -2.43. The molecule has 0 unspecified atom stereocenters. The third kappa shape index (κ3) is 7.75. The van der Waals surface area contributed by atoms with Gasteiger partial charge in [-0.25, -0.2) is 0 Å². The van der Waals surface area contributed by atoms with Gasteiger partial charge >= 0.3 is 11.9 Å². The van der Waals surface area contributed by atoms with Crippen molar-refractivity contribution in [1.82, 2.24) is 0 Å². The first-order chi connectivity index (χ1) is 13.4. The molecule has 0 spiro atoms. The molecule has 1 aliphatic carbocycles. The monoisotopic (exact) mass is 396 g/mol. The predicted molar refractivity (Wildman–Crippen MR) is 115 cm³/mol. The maximum atomic E-state index is 11.7. The Labute approximate surface area is 172 Å². The Morgan fingerprint density at radius 2 is 0.964 bits per heavy atom. The highest BCUT2D eigenvalue weighted by atomic mass is 16.4. The molecule has 0 radical (unpaired) electrons. The Hall–Kier alpha value is -1.06. The number of carbonyl (C=O) groups is 2. The highest BCUT2D eigenvalue weighted by Crippen LogP contribution is 2.51. The predicted octanol–water partition coefficient (Wildman–Crippen LogP) is 7.20. The number of hydrogen-bond donors (Lipinski definition) is 2. The van der Waals surface area contributed by atoms with Crippen LogP contribution in [0.1, 0.15) is 129 Å². The maximum Gasteiger partial charge on any atom is 0.321 e. The zero-order valence-electron chi connectivity index (χ0n) is 18.4. The van der Waals surface area contributed by atoms with E-state index < -0.39 is 17.4 Å². The summed E-state index contributed by atoms with van der Waals surface area (Å²) in [5.74, 6) is -2.29. The summed E-state index contributed by atoms with van der Waals surface area (Å²) in [4.78, 5) is 23.3. The molecule has 1 aliphatic rings. The van der Waals surface area contributed by atoms with Gasteiger partial charge in [-0.2, -0.15) is 0 Å². The van der Waals surface area contributed by atoms with Gasteiger partial charge in [0.25, 0.3) is 0 Å². The van der Waals surface area contributed by atoms with Crippen LogP contribution in [0.2, 0.25) is 0 Å². The van der Waals surface area contributed by atoms with E-state index in [2.05, 4.69) is 13.8 Å². The first-order valence-corrected chi connectivity index (χ1v) is 11.9. The number of carboxylic acid groups (broad SMARTS) is 2. The van der Waals surface area contributed by atoms with Crippen molar-refractivity contribution in [3.8, 4) is 0 Å². The average molecular weight is 397 g/mol. The summed E-state index contributed by atoms with van der Waals surface area (Å²) in [6.45, 7) is 4.46. The first kappa shape index (κ1) is 25.0. The number of rotatable bonds is 16. The average Bonchev–Trinajstić information content (AvgIpc) is 2.67. The Kier molecular flexibility index (Phi) is 11.8. The van der Waals surface area contributed by atoms with Crippen LogP contribution in [0.4, 0.5) is 0 Å². The minimum Gasteiger partial charge on any atom is -0.480 e. The smallest absolute Gasteiger partial charge is 0.321 e. The van der Waals surface area contributed by atoms with E-state index in [9.17, 15) is 19.8 Å². The SMILES string of the molecule is CCCCCCCCC1(CCCCCCCC)CCC(C(=O)O)(C(=O)O)CC1. The Balaban J connectivity index is 2.58. The molecule has 0 heterocycles. The van der Waals surface area contributed by atoms with Crippen molar-refractivity contribution >= 4 is 11.9 Å². The molecule has 1 saturated carbocycles. The van der Waals surface area contributed by atoms with Gasteiger partial charge in [0, 0.05) is 0 Å². The quantitative estimate of drug-likeness (QED) is 0.213. The molecular formula is C24H44O4. The van der Waals surface area contributed by atoms with E-state index in [1.165, 1.54) is 77.0 Å². The van der Waals surface area contributed by atoms with E-state index in [1.54, 1.807) is 0 Å². The maximum absolute atomic E-state index is 11.7. The second-order valence-corrected chi connectivity index (χ2v) is 9.23.